The Morgan fingerprint density at radius 3 is 2.74 bits per heavy atom. The number of nitrogens with two attached hydrogens (primary N) is 1. The molecule has 0 unspecified atom stereocenters. The van der Waals surface area contributed by atoms with E-state index < -0.39 is 4.92 Å². The van der Waals surface area contributed by atoms with Crippen molar-refractivity contribution < 1.29 is 4.92 Å². The fraction of sp³-hybridized carbons (Fsp3) is 0.125. The molecular formula is C16H15N5O2. The van der Waals surface area contributed by atoms with Gasteiger partial charge in [-0.25, -0.2) is 9.67 Å². The van der Waals surface area contributed by atoms with E-state index in [4.69, 9.17) is 5.73 Å². The molecule has 0 radical (unpaired) electrons. The maximum absolute atomic E-state index is 11.0. The van der Waals surface area contributed by atoms with Crippen molar-refractivity contribution >= 4 is 5.69 Å². The zero-order valence-electron chi connectivity index (χ0n) is 12.3. The Kier molecular flexibility index (Phi) is 4.11. The normalized spacial score (nSPS) is 10.7. The van der Waals surface area contributed by atoms with Crippen LogP contribution in [0, 0.1) is 10.1 Å². The quantitative estimate of drug-likeness (QED) is 0.576. The number of pyridine rings is 1. The molecule has 2 aromatic heterocycles. The molecular weight excluding hydrogens is 294 g/mol. The van der Waals surface area contributed by atoms with E-state index in [1.807, 2.05) is 30.3 Å². The van der Waals surface area contributed by atoms with Gasteiger partial charge in [-0.05, 0) is 24.7 Å². The first-order chi connectivity index (χ1) is 11.2. The number of nitro groups is 1. The standard InChI is InChI=1S/C16H15N5O2/c17-8-7-13-11-15(12-4-3-5-14(10-12)21(22)23)20(19-13)16-6-1-2-9-18-16/h1-6,9-11H,7-8,17H2. The molecule has 3 aromatic rings. The average Bonchev–Trinajstić information content (AvgIpc) is 3.00. The van der Waals surface area contributed by atoms with E-state index in [1.165, 1.54) is 12.1 Å². The van der Waals surface area contributed by atoms with E-state index in [1.54, 1.807) is 16.9 Å². The summed E-state index contributed by atoms with van der Waals surface area (Å²) < 4.78 is 1.68. The molecule has 0 amide bonds. The first kappa shape index (κ1) is 14.9. The van der Waals surface area contributed by atoms with Gasteiger partial charge < -0.3 is 5.73 Å². The predicted molar refractivity (Wildman–Crippen MR) is 86.2 cm³/mol. The summed E-state index contributed by atoms with van der Waals surface area (Å²) in [7, 11) is 0. The van der Waals surface area contributed by atoms with Crippen molar-refractivity contribution in [2.45, 2.75) is 6.42 Å². The molecule has 3 rings (SSSR count). The summed E-state index contributed by atoms with van der Waals surface area (Å²) in [5.74, 6) is 0.650. The van der Waals surface area contributed by atoms with Gasteiger partial charge in [0.25, 0.3) is 5.69 Å². The molecule has 0 aliphatic carbocycles. The summed E-state index contributed by atoms with van der Waals surface area (Å²) in [6, 6.07) is 13.9. The lowest BCUT2D eigenvalue weighted by Gasteiger charge is -2.06. The lowest BCUT2D eigenvalue weighted by molar-refractivity contribution is -0.384. The Balaban J connectivity index is 2.14. The van der Waals surface area contributed by atoms with Crippen LogP contribution in [0.5, 0.6) is 0 Å². The van der Waals surface area contributed by atoms with Crippen LogP contribution in [0.2, 0.25) is 0 Å². The summed E-state index contributed by atoms with van der Waals surface area (Å²) in [5, 5.41) is 15.5. The van der Waals surface area contributed by atoms with Crippen molar-refractivity contribution in [2.75, 3.05) is 6.54 Å². The van der Waals surface area contributed by atoms with Crippen LogP contribution in [-0.4, -0.2) is 26.2 Å². The van der Waals surface area contributed by atoms with Gasteiger partial charge in [-0.1, -0.05) is 18.2 Å². The molecule has 0 spiro atoms. The highest BCUT2D eigenvalue weighted by Gasteiger charge is 2.14. The smallest absolute Gasteiger partial charge is 0.270 e. The van der Waals surface area contributed by atoms with Crippen LogP contribution in [0.4, 0.5) is 5.69 Å². The van der Waals surface area contributed by atoms with Crippen molar-refractivity contribution in [1.29, 1.82) is 0 Å². The topological polar surface area (TPSA) is 99.9 Å². The Hall–Kier alpha value is -3.06. The number of nitro benzene ring substituents is 1. The molecule has 0 fully saturated rings. The van der Waals surface area contributed by atoms with Gasteiger partial charge in [0.05, 0.1) is 16.3 Å². The number of hydrogen-bond donors (Lipinski definition) is 1. The van der Waals surface area contributed by atoms with Gasteiger partial charge in [-0.3, -0.25) is 10.1 Å². The van der Waals surface area contributed by atoms with E-state index in [9.17, 15) is 10.1 Å². The average molecular weight is 309 g/mol. The zero-order valence-corrected chi connectivity index (χ0v) is 12.3. The molecule has 0 aliphatic heterocycles. The molecule has 7 nitrogen and oxygen atoms in total. The van der Waals surface area contributed by atoms with E-state index in [0.717, 1.165) is 11.4 Å². The number of aromatic nitrogens is 3. The number of hydrogen-bond acceptors (Lipinski definition) is 5. The van der Waals surface area contributed by atoms with Crippen LogP contribution >= 0.6 is 0 Å². The third-order valence-electron chi connectivity index (χ3n) is 3.38. The monoisotopic (exact) mass is 309 g/mol. The minimum Gasteiger partial charge on any atom is -0.330 e. The highest BCUT2D eigenvalue weighted by molar-refractivity contribution is 5.65. The Labute approximate surface area is 132 Å². The second-order valence-corrected chi connectivity index (χ2v) is 4.97. The fourth-order valence-corrected chi connectivity index (χ4v) is 2.34. The predicted octanol–water partition coefficient (Wildman–Crippen LogP) is 2.34. The van der Waals surface area contributed by atoms with E-state index in [0.29, 0.717) is 24.3 Å². The molecule has 0 atom stereocenters. The molecule has 7 heteroatoms. The third-order valence-corrected chi connectivity index (χ3v) is 3.38. The maximum atomic E-state index is 11.0. The van der Waals surface area contributed by atoms with Crippen molar-refractivity contribution in [1.82, 2.24) is 14.8 Å². The third kappa shape index (κ3) is 3.09. The largest absolute Gasteiger partial charge is 0.330 e. The van der Waals surface area contributed by atoms with E-state index >= 15 is 0 Å². The summed E-state index contributed by atoms with van der Waals surface area (Å²) in [6.07, 6.45) is 2.30. The fourth-order valence-electron chi connectivity index (χ4n) is 2.34. The molecule has 0 aliphatic rings. The van der Waals surface area contributed by atoms with Gasteiger partial charge in [-0.2, -0.15) is 5.10 Å². The lowest BCUT2D eigenvalue weighted by atomic mass is 10.1. The van der Waals surface area contributed by atoms with Gasteiger partial charge in [0.1, 0.15) is 0 Å². The van der Waals surface area contributed by atoms with Crippen LogP contribution in [0.3, 0.4) is 0 Å². The van der Waals surface area contributed by atoms with E-state index in [-0.39, 0.29) is 5.69 Å². The highest BCUT2D eigenvalue weighted by Crippen LogP contribution is 2.26. The van der Waals surface area contributed by atoms with Crippen LogP contribution < -0.4 is 5.73 Å². The molecule has 0 saturated carbocycles. The van der Waals surface area contributed by atoms with Crippen LogP contribution in [0.1, 0.15) is 5.69 Å². The van der Waals surface area contributed by atoms with Crippen LogP contribution in [-0.2, 0) is 6.42 Å². The molecule has 0 saturated heterocycles. The summed E-state index contributed by atoms with van der Waals surface area (Å²) in [5.41, 5.74) is 7.92. The minimum atomic E-state index is -0.411. The van der Waals surface area contributed by atoms with Gasteiger partial charge in [-0.15, -0.1) is 0 Å². The molecule has 116 valence electrons. The second-order valence-electron chi connectivity index (χ2n) is 4.97. The second kappa shape index (κ2) is 6.37. The summed E-state index contributed by atoms with van der Waals surface area (Å²) in [6.45, 7) is 0.480. The first-order valence-electron chi connectivity index (χ1n) is 7.14. The highest BCUT2D eigenvalue weighted by atomic mass is 16.6. The maximum Gasteiger partial charge on any atom is 0.270 e. The van der Waals surface area contributed by atoms with Gasteiger partial charge >= 0.3 is 0 Å². The Morgan fingerprint density at radius 1 is 1.17 bits per heavy atom. The molecule has 0 bridgehead atoms. The number of rotatable bonds is 5. The van der Waals surface area contributed by atoms with E-state index in [2.05, 4.69) is 10.1 Å². The number of benzene rings is 1. The van der Waals surface area contributed by atoms with Crippen LogP contribution in [0.25, 0.3) is 17.1 Å². The van der Waals surface area contributed by atoms with Crippen molar-refractivity contribution in [2.24, 2.45) is 5.73 Å². The molecule has 1 aromatic carbocycles. The number of non-ortho nitro benzene ring substituents is 1. The Morgan fingerprint density at radius 2 is 2.04 bits per heavy atom. The van der Waals surface area contributed by atoms with Crippen molar-refractivity contribution in [3.8, 4) is 17.1 Å². The van der Waals surface area contributed by atoms with Gasteiger partial charge in [0.2, 0.25) is 0 Å². The Bertz CT molecular complexity index is 829. The van der Waals surface area contributed by atoms with Crippen molar-refractivity contribution in [3.05, 3.63) is 70.5 Å². The number of nitrogens with zero attached hydrogens (tertiary/aromatic N) is 4. The van der Waals surface area contributed by atoms with Crippen molar-refractivity contribution in [3.63, 3.8) is 0 Å². The molecule has 23 heavy (non-hydrogen) atoms. The van der Waals surface area contributed by atoms with Crippen LogP contribution in [0.15, 0.2) is 54.7 Å². The SMILES string of the molecule is NCCc1cc(-c2cccc([N+](=O)[O-])c2)n(-c2ccccn2)n1. The molecule has 2 N–H and O–H groups in total. The zero-order chi connectivity index (χ0) is 16.2. The van der Waals surface area contributed by atoms with Gasteiger partial charge in [0, 0.05) is 30.3 Å². The lowest BCUT2D eigenvalue weighted by Crippen LogP contribution is -2.05. The summed E-state index contributed by atoms with van der Waals surface area (Å²) >= 11 is 0. The minimum absolute atomic E-state index is 0.0386. The molecule has 2 heterocycles. The van der Waals surface area contributed by atoms with Gasteiger partial charge in [0.15, 0.2) is 5.82 Å². The summed E-state index contributed by atoms with van der Waals surface area (Å²) in [4.78, 5) is 14.9. The first-order valence-corrected chi connectivity index (χ1v) is 7.14.